The zero-order valence-corrected chi connectivity index (χ0v) is 12.5. The molecule has 3 rings (SSSR count). The fourth-order valence-corrected chi connectivity index (χ4v) is 2.68. The monoisotopic (exact) mass is 296 g/mol. The van der Waals surface area contributed by atoms with Crippen LogP contribution in [-0.4, -0.2) is 23.1 Å². The molecule has 1 aromatic heterocycles. The molecule has 0 aliphatic carbocycles. The van der Waals surface area contributed by atoms with Crippen LogP contribution in [0.15, 0.2) is 24.3 Å². The molecule has 0 saturated carbocycles. The summed E-state index contributed by atoms with van der Waals surface area (Å²) >= 11 is 0. The number of aryl methyl sites for hydroxylation is 1. The third kappa shape index (κ3) is 2.91. The molecule has 1 fully saturated rings. The summed E-state index contributed by atoms with van der Waals surface area (Å²) in [5.41, 5.74) is 2.37. The Bertz CT molecular complexity index is 730. The zero-order chi connectivity index (χ0) is 15.5. The third-order valence-corrected chi connectivity index (χ3v) is 3.92. The first-order valence-electron chi connectivity index (χ1n) is 7.48. The van der Waals surface area contributed by atoms with E-state index < -0.39 is 0 Å². The van der Waals surface area contributed by atoms with E-state index in [1.807, 2.05) is 0 Å². The lowest BCUT2D eigenvalue weighted by Gasteiger charge is -2.26. The van der Waals surface area contributed by atoms with E-state index in [4.69, 9.17) is 0 Å². The van der Waals surface area contributed by atoms with E-state index in [1.54, 1.807) is 25.1 Å². The maximum Gasteiger partial charge on any atom is 0.227 e. The number of benzene rings is 1. The van der Waals surface area contributed by atoms with Gasteiger partial charge in [0.25, 0.3) is 0 Å². The van der Waals surface area contributed by atoms with Gasteiger partial charge in [0.05, 0.1) is 5.69 Å². The first kappa shape index (κ1) is 14.5. The van der Waals surface area contributed by atoms with Gasteiger partial charge in [-0.15, -0.1) is 0 Å². The van der Waals surface area contributed by atoms with Gasteiger partial charge in [-0.2, -0.15) is 5.26 Å². The molecule has 1 aromatic carbocycles. The second-order valence-corrected chi connectivity index (χ2v) is 5.56. The summed E-state index contributed by atoms with van der Waals surface area (Å²) < 4.78 is 13.4. The van der Waals surface area contributed by atoms with Gasteiger partial charge >= 0.3 is 0 Å². The van der Waals surface area contributed by atoms with Crippen LogP contribution in [0, 0.1) is 24.1 Å². The van der Waals surface area contributed by atoms with Crippen molar-refractivity contribution in [3.8, 4) is 17.3 Å². The predicted molar refractivity (Wildman–Crippen MR) is 82.9 cm³/mol. The number of aromatic nitrogens is 2. The van der Waals surface area contributed by atoms with Crippen LogP contribution >= 0.6 is 0 Å². The van der Waals surface area contributed by atoms with Crippen LogP contribution in [0.5, 0.6) is 0 Å². The number of nitriles is 1. The van der Waals surface area contributed by atoms with E-state index in [-0.39, 0.29) is 5.82 Å². The number of anilines is 1. The molecule has 0 radical (unpaired) electrons. The summed E-state index contributed by atoms with van der Waals surface area (Å²) in [6.45, 7) is 3.55. The summed E-state index contributed by atoms with van der Waals surface area (Å²) in [7, 11) is 0. The van der Waals surface area contributed by atoms with Gasteiger partial charge in [-0.3, -0.25) is 0 Å². The summed E-state index contributed by atoms with van der Waals surface area (Å²) in [6, 6.07) is 8.61. The Morgan fingerprint density at radius 2 is 1.91 bits per heavy atom. The van der Waals surface area contributed by atoms with Gasteiger partial charge in [-0.25, -0.2) is 14.4 Å². The van der Waals surface area contributed by atoms with Gasteiger partial charge in [0.1, 0.15) is 17.6 Å². The van der Waals surface area contributed by atoms with E-state index in [0.717, 1.165) is 31.5 Å². The number of rotatable bonds is 2. The van der Waals surface area contributed by atoms with Crippen LogP contribution in [0.4, 0.5) is 10.3 Å². The summed E-state index contributed by atoms with van der Waals surface area (Å²) in [4.78, 5) is 11.0. The van der Waals surface area contributed by atoms with E-state index in [0.29, 0.717) is 22.9 Å². The Morgan fingerprint density at radius 1 is 1.14 bits per heavy atom. The van der Waals surface area contributed by atoms with E-state index in [2.05, 4.69) is 20.9 Å². The quantitative estimate of drug-likeness (QED) is 0.851. The maximum atomic E-state index is 13.4. The lowest BCUT2D eigenvalue weighted by molar-refractivity contribution is 0.568. The number of piperidine rings is 1. The molecule has 0 N–H and O–H groups in total. The number of halogens is 1. The molecule has 0 bridgehead atoms. The molecular weight excluding hydrogens is 279 g/mol. The summed E-state index contributed by atoms with van der Waals surface area (Å²) in [6.07, 6.45) is 3.45. The number of nitrogens with zero attached hydrogens (tertiary/aromatic N) is 4. The molecule has 112 valence electrons. The second-order valence-electron chi connectivity index (χ2n) is 5.56. The smallest absolute Gasteiger partial charge is 0.227 e. The van der Waals surface area contributed by atoms with Crippen LogP contribution in [-0.2, 0) is 0 Å². The molecule has 1 saturated heterocycles. The zero-order valence-electron chi connectivity index (χ0n) is 12.5. The van der Waals surface area contributed by atoms with Crippen LogP contribution in [0.25, 0.3) is 11.3 Å². The van der Waals surface area contributed by atoms with Crippen LogP contribution in [0.3, 0.4) is 0 Å². The Morgan fingerprint density at radius 3 is 2.59 bits per heavy atom. The average molecular weight is 296 g/mol. The fourth-order valence-electron chi connectivity index (χ4n) is 2.68. The van der Waals surface area contributed by atoms with E-state index in [1.165, 1.54) is 12.5 Å². The number of hydrogen-bond acceptors (Lipinski definition) is 4. The molecular formula is C17H17FN4. The van der Waals surface area contributed by atoms with Crippen molar-refractivity contribution in [1.29, 1.82) is 5.26 Å². The van der Waals surface area contributed by atoms with E-state index >= 15 is 0 Å². The van der Waals surface area contributed by atoms with Gasteiger partial charge in [0.15, 0.2) is 0 Å². The molecule has 0 atom stereocenters. The van der Waals surface area contributed by atoms with Crippen LogP contribution in [0.1, 0.15) is 30.5 Å². The molecule has 0 unspecified atom stereocenters. The average Bonchev–Trinajstić information content (AvgIpc) is 2.57. The van der Waals surface area contributed by atoms with E-state index in [9.17, 15) is 9.65 Å². The Kier molecular flexibility index (Phi) is 4.01. The Labute approximate surface area is 129 Å². The summed E-state index contributed by atoms with van der Waals surface area (Å²) in [5.74, 6) is 0.352. The van der Waals surface area contributed by atoms with Crippen molar-refractivity contribution in [1.82, 2.24) is 9.97 Å². The second kappa shape index (κ2) is 6.10. The molecule has 22 heavy (non-hydrogen) atoms. The largest absolute Gasteiger partial charge is 0.341 e. The molecule has 2 aromatic rings. The van der Waals surface area contributed by atoms with Gasteiger partial charge in [0.2, 0.25) is 5.95 Å². The topological polar surface area (TPSA) is 52.8 Å². The van der Waals surface area contributed by atoms with Crippen molar-refractivity contribution in [3.05, 3.63) is 41.3 Å². The Hall–Kier alpha value is -2.48. The SMILES string of the molecule is Cc1cc(-c2cc(C#N)nc(N3CCCCC3)n2)ccc1F. The minimum absolute atomic E-state index is 0.241. The molecule has 2 heterocycles. The van der Waals surface area contributed by atoms with Crippen LogP contribution < -0.4 is 4.90 Å². The molecule has 1 aliphatic rings. The highest BCUT2D eigenvalue weighted by atomic mass is 19.1. The lowest BCUT2D eigenvalue weighted by Crippen LogP contribution is -2.31. The van der Waals surface area contributed by atoms with Crippen molar-refractivity contribution < 1.29 is 4.39 Å². The van der Waals surface area contributed by atoms with Crippen molar-refractivity contribution >= 4 is 5.95 Å². The predicted octanol–water partition coefficient (Wildman–Crippen LogP) is 3.45. The lowest BCUT2D eigenvalue weighted by atomic mass is 10.1. The molecule has 0 spiro atoms. The van der Waals surface area contributed by atoms with Gasteiger partial charge in [0, 0.05) is 24.7 Å². The fraction of sp³-hybridized carbons (Fsp3) is 0.353. The minimum Gasteiger partial charge on any atom is -0.341 e. The Balaban J connectivity index is 2.03. The minimum atomic E-state index is -0.241. The van der Waals surface area contributed by atoms with Gasteiger partial charge < -0.3 is 4.90 Å². The molecule has 1 aliphatic heterocycles. The van der Waals surface area contributed by atoms with Crippen LogP contribution in [0.2, 0.25) is 0 Å². The normalized spacial score (nSPS) is 14.7. The highest BCUT2D eigenvalue weighted by Gasteiger charge is 2.16. The molecule has 0 amide bonds. The highest BCUT2D eigenvalue weighted by molar-refractivity contribution is 5.63. The van der Waals surface area contributed by atoms with Gasteiger partial charge in [-0.1, -0.05) is 0 Å². The van der Waals surface area contributed by atoms with Gasteiger partial charge in [-0.05, 0) is 49.9 Å². The van der Waals surface area contributed by atoms with Crippen molar-refractivity contribution in [2.75, 3.05) is 18.0 Å². The highest BCUT2D eigenvalue weighted by Crippen LogP contribution is 2.24. The standard InChI is InChI=1S/C17H17FN4/c1-12-9-13(5-6-15(12)18)16-10-14(11-19)20-17(21-16)22-7-3-2-4-8-22/h5-6,9-10H,2-4,7-8H2,1H3. The summed E-state index contributed by atoms with van der Waals surface area (Å²) in [5, 5.41) is 9.21. The molecule has 5 heteroatoms. The maximum absolute atomic E-state index is 13.4. The first-order chi connectivity index (χ1) is 10.7. The number of hydrogen-bond donors (Lipinski definition) is 0. The van der Waals surface area contributed by atoms with Crippen molar-refractivity contribution in [3.63, 3.8) is 0 Å². The van der Waals surface area contributed by atoms with Crippen molar-refractivity contribution in [2.45, 2.75) is 26.2 Å². The first-order valence-corrected chi connectivity index (χ1v) is 7.48. The van der Waals surface area contributed by atoms with Crippen molar-refractivity contribution in [2.24, 2.45) is 0 Å². The third-order valence-electron chi connectivity index (χ3n) is 3.92. The molecule has 4 nitrogen and oxygen atoms in total.